The van der Waals surface area contributed by atoms with Crippen molar-refractivity contribution >= 4 is 0 Å². The molecule has 0 fully saturated rings. The molecule has 0 saturated heterocycles. The minimum atomic E-state index is -0.489. The molecule has 1 aliphatic heterocycles. The molecule has 16 heavy (non-hydrogen) atoms. The molecule has 0 radical (unpaired) electrons. The van der Waals surface area contributed by atoms with Gasteiger partial charge in [0, 0.05) is 18.3 Å². The normalized spacial score (nSPS) is 23.9. The Hall–Kier alpha value is -1.66. The lowest BCUT2D eigenvalue weighted by atomic mass is 10.3. The Morgan fingerprint density at radius 1 is 1.50 bits per heavy atom. The van der Waals surface area contributed by atoms with Crippen molar-refractivity contribution in [3.63, 3.8) is 0 Å². The molecule has 6 heteroatoms. The molecule has 0 aromatic carbocycles. The predicted octanol–water partition coefficient (Wildman–Crippen LogP) is -0.743. The second kappa shape index (κ2) is 4.07. The SMILES string of the molecule is Cc1cn(C2C=CC(CN)O2)c(=O)[nH]c1=O. The second-order valence-corrected chi connectivity index (χ2v) is 3.66. The molecule has 2 atom stereocenters. The van der Waals surface area contributed by atoms with Crippen molar-refractivity contribution in [2.24, 2.45) is 5.73 Å². The summed E-state index contributed by atoms with van der Waals surface area (Å²) in [4.78, 5) is 24.9. The molecule has 2 heterocycles. The maximum absolute atomic E-state index is 11.5. The van der Waals surface area contributed by atoms with Crippen LogP contribution in [0.1, 0.15) is 11.8 Å². The minimum Gasteiger partial charge on any atom is -0.346 e. The summed E-state index contributed by atoms with van der Waals surface area (Å²) in [5, 5.41) is 0. The number of hydrogen-bond donors (Lipinski definition) is 2. The van der Waals surface area contributed by atoms with Crippen LogP contribution in [0.4, 0.5) is 0 Å². The number of H-pyrrole nitrogens is 1. The van der Waals surface area contributed by atoms with Crippen molar-refractivity contribution in [1.82, 2.24) is 9.55 Å². The zero-order chi connectivity index (χ0) is 11.7. The highest BCUT2D eigenvalue weighted by atomic mass is 16.5. The van der Waals surface area contributed by atoms with Gasteiger partial charge in [0.2, 0.25) is 0 Å². The molecule has 1 aliphatic rings. The van der Waals surface area contributed by atoms with E-state index >= 15 is 0 Å². The second-order valence-electron chi connectivity index (χ2n) is 3.66. The third-order valence-corrected chi connectivity index (χ3v) is 2.46. The van der Waals surface area contributed by atoms with E-state index in [1.54, 1.807) is 19.1 Å². The van der Waals surface area contributed by atoms with E-state index in [4.69, 9.17) is 10.5 Å². The van der Waals surface area contributed by atoms with E-state index in [1.165, 1.54) is 10.8 Å². The molecule has 0 amide bonds. The smallest absolute Gasteiger partial charge is 0.330 e. The molecule has 0 aliphatic carbocycles. The van der Waals surface area contributed by atoms with Gasteiger partial charge in [-0.15, -0.1) is 0 Å². The number of nitrogens with two attached hydrogens (primary N) is 1. The third kappa shape index (κ3) is 1.84. The first kappa shape index (κ1) is 10.8. The quantitative estimate of drug-likeness (QED) is 0.646. The molecule has 1 aromatic rings. The van der Waals surface area contributed by atoms with Gasteiger partial charge in [0.1, 0.15) is 0 Å². The van der Waals surface area contributed by atoms with E-state index in [9.17, 15) is 9.59 Å². The van der Waals surface area contributed by atoms with Crippen molar-refractivity contribution in [3.05, 3.63) is 44.8 Å². The highest BCUT2D eigenvalue weighted by Crippen LogP contribution is 2.18. The van der Waals surface area contributed by atoms with Gasteiger partial charge in [0.15, 0.2) is 6.23 Å². The van der Waals surface area contributed by atoms with Gasteiger partial charge in [-0.25, -0.2) is 4.79 Å². The summed E-state index contributed by atoms with van der Waals surface area (Å²) in [5.41, 5.74) is 5.05. The first-order valence-electron chi connectivity index (χ1n) is 4.97. The van der Waals surface area contributed by atoms with E-state index in [1.807, 2.05) is 0 Å². The fraction of sp³-hybridized carbons (Fsp3) is 0.400. The Morgan fingerprint density at radius 2 is 2.25 bits per heavy atom. The molecule has 2 unspecified atom stereocenters. The molecule has 1 aromatic heterocycles. The van der Waals surface area contributed by atoms with Crippen molar-refractivity contribution in [1.29, 1.82) is 0 Å². The molecular formula is C10H13N3O3. The Balaban J connectivity index is 2.36. The van der Waals surface area contributed by atoms with Crippen LogP contribution < -0.4 is 17.0 Å². The lowest BCUT2D eigenvalue weighted by molar-refractivity contribution is 0.0198. The summed E-state index contributed by atoms with van der Waals surface area (Å²) in [6, 6.07) is 0. The largest absolute Gasteiger partial charge is 0.346 e. The molecular weight excluding hydrogens is 210 g/mol. The van der Waals surface area contributed by atoms with Gasteiger partial charge in [-0.2, -0.15) is 0 Å². The number of aryl methyl sites for hydroxylation is 1. The first-order valence-corrected chi connectivity index (χ1v) is 4.97. The Bertz CT molecular complexity index is 529. The number of rotatable bonds is 2. The van der Waals surface area contributed by atoms with Gasteiger partial charge in [-0.3, -0.25) is 14.3 Å². The van der Waals surface area contributed by atoms with Gasteiger partial charge in [0.05, 0.1) is 6.10 Å². The summed E-state index contributed by atoms with van der Waals surface area (Å²) in [6.07, 6.45) is 4.37. The fourth-order valence-electron chi connectivity index (χ4n) is 1.56. The predicted molar refractivity (Wildman–Crippen MR) is 58.2 cm³/mol. The van der Waals surface area contributed by atoms with Crippen LogP contribution in [0.5, 0.6) is 0 Å². The number of nitrogens with zero attached hydrogens (tertiary/aromatic N) is 1. The molecule has 0 saturated carbocycles. The van der Waals surface area contributed by atoms with Crippen molar-refractivity contribution in [2.45, 2.75) is 19.3 Å². The van der Waals surface area contributed by atoms with E-state index in [2.05, 4.69) is 4.98 Å². The Kier molecular flexibility index (Phi) is 2.76. The van der Waals surface area contributed by atoms with Crippen molar-refractivity contribution in [2.75, 3.05) is 6.54 Å². The summed E-state index contributed by atoms with van der Waals surface area (Å²) in [7, 11) is 0. The van der Waals surface area contributed by atoms with Crippen LogP contribution in [-0.4, -0.2) is 22.2 Å². The maximum Gasteiger partial charge on any atom is 0.330 e. The van der Waals surface area contributed by atoms with Gasteiger partial charge in [-0.05, 0) is 13.0 Å². The van der Waals surface area contributed by atoms with Crippen LogP contribution >= 0.6 is 0 Å². The molecule has 2 rings (SSSR count). The number of ether oxygens (including phenoxy) is 1. The molecule has 6 nitrogen and oxygen atoms in total. The third-order valence-electron chi connectivity index (χ3n) is 2.46. The van der Waals surface area contributed by atoms with Crippen LogP contribution in [0.3, 0.4) is 0 Å². The van der Waals surface area contributed by atoms with Crippen LogP contribution in [0.25, 0.3) is 0 Å². The van der Waals surface area contributed by atoms with E-state index < -0.39 is 11.9 Å². The van der Waals surface area contributed by atoms with Crippen molar-refractivity contribution < 1.29 is 4.74 Å². The molecule has 0 spiro atoms. The highest BCUT2D eigenvalue weighted by molar-refractivity contribution is 5.06. The number of aromatic nitrogens is 2. The van der Waals surface area contributed by atoms with Gasteiger partial charge >= 0.3 is 5.69 Å². The van der Waals surface area contributed by atoms with Crippen LogP contribution in [0.15, 0.2) is 27.9 Å². The standard InChI is InChI=1S/C10H13N3O3/c1-6-5-13(10(15)12-9(6)14)8-3-2-7(4-11)16-8/h2-3,5,7-8H,4,11H2,1H3,(H,12,14,15). The number of aromatic amines is 1. The lowest BCUT2D eigenvalue weighted by Crippen LogP contribution is -2.34. The summed E-state index contributed by atoms with van der Waals surface area (Å²) >= 11 is 0. The van der Waals surface area contributed by atoms with Gasteiger partial charge < -0.3 is 10.5 Å². The zero-order valence-electron chi connectivity index (χ0n) is 8.84. The van der Waals surface area contributed by atoms with Gasteiger partial charge in [-0.1, -0.05) is 6.08 Å². The van der Waals surface area contributed by atoms with Crippen LogP contribution in [0, 0.1) is 6.92 Å². The molecule has 3 N–H and O–H groups in total. The monoisotopic (exact) mass is 223 g/mol. The molecule has 86 valence electrons. The van der Waals surface area contributed by atoms with Crippen LogP contribution in [-0.2, 0) is 4.74 Å². The van der Waals surface area contributed by atoms with E-state index in [0.717, 1.165) is 0 Å². The highest BCUT2D eigenvalue weighted by Gasteiger charge is 2.20. The average Bonchev–Trinajstić information content (AvgIpc) is 2.71. The first-order chi connectivity index (χ1) is 7.61. The van der Waals surface area contributed by atoms with Gasteiger partial charge in [0.25, 0.3) is 5.56 Å². The number of nitrogens with one attached hydrogen (secondary N) is 1. The Labute approximate surface area is 91.4 Å². The summed E-state index contributed by atoms with van der Waals surface area (Å²) in [6.45, 7) is 2.00. The average molecular weight is 223 g/mol. The van der Waals surface area contributed by atoms with E-state index in [0.29, 0.717) is 12.1 Å². The minimum absolute atomic E-state index is 0.177. The van der Waals surface area contributed by atoms with Crippen molar-refractivity contribution in [3.8, 4) is 0 Å². The summed E-state index contributed by atoms with van der Waals surface area (Å²) < 4.78 is 6.81. The lowest BCUT2D eigenvalue weighted by Gasteiger charge is -2.15. The number of hydrogen-bond acceptors (Lipinski definition) is 4. The van der Waals surface area contributed by atoms with Crippen LogP contribution in [0.2, 0.25) is 0 Å². The summed E-state index contributed by atoms with van der Waals surface area (Å²) in [5.74, 6) is 0. The maximum atomic E-state index is 11.5. The topological polar surface area (TPSA) is 90.1 Å². The van der Waals surface area contributed by atoms with E-state index in [-0.39, 0.29) is 11.7 Å². The molecule has 0 bridgehead atoms. The fourth-order valence-corrected chi connectivity index (χ4v) is 1.56. The Morgan fingerprint density at radius 3 is 2.88 bits per heavy atom. The zero-order valence-corrected chi connectivity index (χ0v) is 8.84.